The first-order chi connectivity index (χ1) is 9.98. The molecule has 1 atom stereocenters. The minimum absolute atomic E-state index is 0.0729. The molecule has 21 heavy (non-hydrogen) atoms. The lowest BCUT2D eigenvalue weighted by atomic mass is 10.1. The number of thioether (sulfide) groups is 1. The summed E-state index contributed by atoms with van der Waals surface area (Å²) in [4.78, 5) is 12.3. The third-order valence-electron chi connectivity index (χ3n) is 2.78. The first kappa shape index (κ1) is 16.3. The molecule has 4 nitrogen and oxygen atoms in total. The van der Waals surface area contributed by atoms with E-state index in [1.165, 1.54) is 23.9 Å². The van der Waals surface area contributed by atoms with Crippen LogP contribution in [-0.4, -0.2) is 29.0 Å². The van der Waals surface area contributed by atoms with Crippen molar-refractivity contribution in [2.24, 2.45) is 0 Å². The van der Waals surface area contributed by atoms with Crippen molar-refractivity contribution in [3.05, 3.63) is 33.7 Å². The third-order valence-corrected chi connectivity index (χ3v) is 4.27. The normalized spacial score (nSPS) is 20.5. The zero-order valence-corrected chi connectivity index (χ0v) is 13.6. The number of carbonyl (C=O) groups is 1. The van der Waals surface area contributed by atoms with Gasteiger partial charge in [0.25, 0.3) is 0 Å². The van der Waals surface area contributed by atoms with Crippen molar-refractivity contribution in [1.82, 2.24) is 0 Å². The molecule has 1 N–H and O–H groups in total. The van der Waals surface area contributed by atoms with Gasteiger partial charge >= 0.3 is 5.97 Å². The van der Waals surface area contributed by atoms with Crippen LogP contribution in [-0.2, 0) is 9.53 Å². The molecule has 1 aliphatic rings. The van der Waals surface area contributed by atoms with Gasteiger partial charge in [0.2, 0.25) is 5.60 Å². The zero-order chi connectivity index (χ0) is 15.5. The lowest BCUT2D eigenvalue weighted by molar-refractivity contribution is -0.156. The van der Waals surface area contributed by atoms with Crippen molar-refractivity contribution < 1.29 is 19.4 Å². The van der Waals surface area contributed by atoms with Crippen molar-refractivity contribution in [2.75, 3.05) is 12.4 Å². The number of phenolic OH excluding ortho intramolecular Hbond substituents is 1. The molecule has 1 heterocycles. The maximum Gasteiger partial charge on any atom is 0.355 e. The van der Waals surface area contributed by atoms with Crippen LogP contribution >= 0.6 is 35.0 Å². The highest BCUT2D eigenvalue weighted by atomic mass is 35.5. The summed E-state index contributed by atoms with van der Waals surface area (Å²) in [6.07, 6.45) is 2.36. The van der Waals surface area contributed by atoms with Crippen molar-refractivity contribution in [3.63, 3.8) is 0 Å². The highest BCUT2D eigenvalue weighted by molar-refractivity contribution is 8.02. The van der Waals surface area contributed by atoms with Crippen molar-refractivity contribution in [2.45, 2.75) is 18.9 Å². The van der Waals surface area contributed by atoms with Gasteiger partial charge in [-0.05, 0) is 17.9 Å². The number of hydrogen-bond donors (Lipinski definition) is 1. The number of esters is 1. The number of hydrogen-bond acceptors (Lipinski definition) is 5. The van der Waals surface area contributed by atoms with Gasteiger partial charge in [0.05, 0.1) is 22.4 Å². The molecule has 0 aromatic heterocycles. The SMILES string of the molecule is CCCOC(=O)C1(Oc2c(Cl)cc(O)cc2Cl)C=CSC1. The van der Waals surface area contributed by atoms with Crippen LogP contribution in [0.3, 0.4) is 0 Å². The molecule has 0 saturated carbocycles. The topological polar surface area (TPSA) is 55.8 Å². The van der Waals surface area contributed by atoms with E-state index in [0.717, 1.165) is 6.42 Å². The number of phenols is 1. The van der Waals surface area contributed by atoms with E-state index in [4.69, 9.17) is 32.7 Å². The molecule has 1 aromatic carbocycles. The van der Waals surface area contributed by atoms with Gasteiger partial charge in [-0.2, -0.15) is 0 Å². The minimum atomic E-state index is -1.25. The Labute approximate surface area is 137 Å². The summed E-state index contributed by atoms with van der Waals surface area (Å²) in [7, 11) is 0. The summed E-state index contributed by atoms with van der Waals surface area (Å²) >= 11 is 13.5. The standard InChI is InChI=1S/C14H14Cl2O4S/c1-2-4-19-13(18)14(3-5-21-8-14)20-12-10(15)6-9(17)7-11(12)16/h3,5-7,17H,2,4,8H2,1H3. The first-order valence-corrected chi connectivity index (χ1v) is 8.12. The lowest BCUT2D eigenvalue weighted by Crippen LogP contribution is -2.45. The van der Waals surface area contributed by atoms with Gasteiger partial charge in [-0.25, -0.2) is 4.79 Å². The largest absolute Gasteiger partial charge is 0.508 e. The zero-order valence-electron chi connectivity index (χ0n) is 11.3. The second-order valence-corrected chi connectivity index (χ2v) is 6.19. The van der Waals surface area contributed by atoms with E-state index < -0.39 is 11.6 Å². The van der Waals surface area contributed by atoms with E-state index >= 15 is 0 Å². The molecule has 114 valence electrons. The van der Waals surface area contributed by atoms with E-state index in [1.807, 2.05) is 6.92 Å². The van der Waals surface area contributed by atoms with Crippen LogP contribution in [0.1, 0.15) is 13.3 Å². The van der Waals surface area contributed by atoms with Gasteiger partial charge in [0.1, 0.15) is 5.75 Å². The van der Waals surface area contributed by atoms with Gasteiger partial charge in [0.15, 0.2) is 5.75 Å². The lowest BCUT2D eigenvalue weighted by Gasteiger charge is -2.27. The Morgan fingerprint density at radius 1 is 1.43 bits per heavy atom. The van der Waals surface area contributed by atoms with Crippen LogP contribution in [0.2, 0.25) is 10.0 Å². The predicted molar refractivity (Wildman–Crippen MR) is 84.3 cm³/mol. The van der Waals surface area contributed by atoms with Gasteiger partial charge < -0.3 is 14.6 Å². The molecule has 0 aliphatic carbocycles. The molecular weight excluding hydrogens is 335 g/mol. The molecule has 1 unspecified atom stereocenters. The molecule has 0 fully saturated rings. The monoisotopic (exact) mass is 348 g/mol. The third kappa shape index (κ3) is 3.59. The summed E-state index contributed by atoms with van der Waals surface area (Å²) in [5.41, 5.74) is -1.25. The number of benzene rings is 1. The molecule has 2 rings (SSSR count). The maximum atomic E-state index is 12.3. The Morgan fingerprint density at radius 2 is 2.10 bits per heavy atom. The van der Waals surface area contributed by atoms with Crippen LogP contribution in [0.15, 0.2) is 23.6 Å². The van der Waals surface area contributed by atoms with Gasteiger partial charge in [-0.1, -0.05) is 30.1 Å². The summed E-state index contributed by atoms with van der Waals surface area (Å²) in [6.45, 7) is 2.23. The Kier molecular flexibility index (Phi) is 5.30. The van der Waals surface area contributed by atoms with Gasteiger partial charge in [-0.15, -0.1) is 11.8 Å². The summed E-state index contributed by atoms with van der Waals surface area (Å²) in [6, 6.07) is 2.61. The average molecular weight is 349 g/mol. The van der Waals surface area contributed by atoms with Crippen molar-refractivity contribution in [3.8, 4) is 11.5 Å². The number of halogens is 2. The van der Waals surface area contributed by atoms with Crippen molar-refractivity contribution >= 4 is 40.9 Å². The smallest absolute Gasteiger partial charge is 0.355 e. The highest BCUT2D eigenvalue weighted by Crippen LogP contribution is 2.41. The number of aromatic hydroxyl groups is 1. The second-order valence-electron chi connectivity index (χ2n) is 4.48. The number of rotatable bonds is 5. The second kappa shape index (κ2) is 6.81. The van der Waals surface area contributed by atoms with Crippen LogP contribution in [0.4, 0.5) is 0 Å². The van der Waals surface area contributed by atoms with E-state index in [1.54, 1.807) is 11.5 Å². The Hall–Kier alpha value is -1.04. The van der Waals surface area contributed by atoms with E-state index in [9.17, 15) is 9.90 Å². The van der Waals surface area contributed by atoms with Crippen molar-refractivity contribution in [1.29, 1.82) is 0 Å². The van der Waals surface area contributed by atoms with Crippen LogP contribution in [0.5, 0.6) is 11.5 Å². The van der Waals surface area contributed by atoms with Crippen LogP contribution in [0.25, 0.3) is 0 Å². The Bertz CT molecular complexity index is 553. The molecule has 7 heteroatoms. The Morgan fingerprint density at radius 3 is 2.62 bits per heavy atom. The summed E-state index contributed by atoms with van der Waals surface area (Å²) in [5.74, 6) is -0.0258. The van der Waals surface area contributed by atoms with E-state index in [0.29, 0.717) is 12.4 Å². The minimum Gasteiger partial charge on any atom is -0.508 e. The summed E-state index contributed by atoms with van der Waals surface area (Å²) < 4.78 is 11.0. The molecular formula is C14H14Cl2O4S. The Balaban J connectivity index is 2.29. The predicted octanol–water partition coefficient (Wildman–Crippen LogP) is 4.03. The quantitative estimate of drug-likeness (QED) is 0.814. The van der Waals surface area contributed by atoms with Gasteiger partial charge in [0, 0.05) is 12.1 Å². The molecule has 0 amide bonds. The molecule has 0 radical (unpaired) electrons. The molecule has 0 bridgehead atoms. The van der Waals surface area contributed by atoms with Crippen LogP contribution < -0.4 is 4.74 Å². The van der Waals surface area contributed by atoms with Crippen LogP contribution in [0, 0.1) is 0 Å². The maximum absolute atomic E-state index is 12.3. The summed E-state index contributed by atoms with van der Waals surface area (Å²) in [5, 5.41) is 11.5. The fourth-order valence-electron chi connectivity index (χ4n) is 1.75. The highest BCUT2D eigenvalue weighted by Gasteiger charge is 2.43. The fourth-order valence-corrected chi connectivity index (χ4v) is 3.24. The first-order valence-electron chi connectivity index (χ1n) is 6.32. The molecule has 0 spiro atoms. The van der Waals surface area contributed by atoms with E-state index in [-0.39, 0.29) is 21.5 Å². The molecule has 0 saturated heterocycles. The number of carbonyl (C=O) groups excluding carboxylic acids is 1. The van der Waals surface area contributed by atoms with Gasteiger partial charge in [-0.3, -0.25) is 0 Å². The fraction of sp³-hybridized carbons (Fsp3) is 0.357. The van der Waals surface area contributed by atoms with E-state index in [2.05, 4.69) is 0 Å². The number of ether oxygens (including phenoxy) is 2. The molecule has 1 aliphatic heterocycles. The average Bonchev–Trinajstić information content (AvgIpc) is 2.90. The molecule has 1 aromatic rings.